The Bertz CT molecular complexity index is 506. The van der Waals surface area contributed by atoms with Gasteiger partial charge in [0.25, 0.3) is 0 Å². The maximum atomic E-state index is 12.4. The van der Waals surface area contributed by atoms with E-state index in [-0.39, 0.29) is 5.91 Å². The number of nitrogens with zero attached hydrogens (tertiary/aromatic N) is 3. The SMILES string of the molecule is Cc1ccccc1N1CCN(C(=O)CN2CCOCC2)CC1. The Balaban J connectivity index is 1.51. The minimum Gasteiger partial charge on any atom is -0.379 e. The van der Waals surface area contributed by atoms with Crippen LogP contribution in [0.3, 0.4) is 0 Å². The van der Waals surface area contributed by atoms with Gasteiger partial charge in [-0.15, -0.1) is 0 Å². The summed E-state index contributed by atoms with van der Waals surface area (Å²) in [5.74, 6) is 0.256. The van der Waals surface area contributed by atoms with Crippen LogP contribution < -0.4 is 4.90 Å². The van der Waals surface area contributed by atoms with Gasteiger partial charge in [0.05, 0.1) is 19.8 Å². The molecule has 5 heteroatoms. The number of piperazine rings is 1. The summed E-state index contributed by atoms with van der Waals surface area (Å²) in [5.41, 5.74) is 2.60. The maximum Gasteiger partial charge on any atom is 0.236 e. The average Bonchev–Trinajstić information content (AvgIpc) is 2.56. The Kier molecular flexibility index (Phi) is 4.95. The zero-order valence-corrected chi connectivity index (χ0v) is 13.3. The summed E-state index contributed by atoms with van der Waals surface area (Å²) >= 11 is 0. The largest absolute Gasteiger partial charge is 0.379 e. The molecule has 0 saturated carbocycles. The molecular weight excluding hydrogens is 278 g/mol. The molecule has 2 fully saturated rings. The van der Waals surface area contributed by atoms with Crippen LogP contribution in [0.2, 0.25) is 0 Å². The molecule has 2 saturated heterocycles. The van der Waals surface area contributed by atoms with E-state index in [4.69, 9.17) is 4.74 Å². The number of carbonyl (C=O) groups is 1. The second kappa shape index (κ2) is 7.11. The van der Waals surface area contributed by atoms with Gasteiger partial charge in [0.1, 0.15) is 0 Å². The van der Waals surface area contributed by atoms with Crippen molar-refractivity contribution in [2.45, 2.75) is 6.92 Å². The first-order valence-corrected chi connectivity index (χ1v) is 8.12. The van der Waals surface area contributed by atoms with E-state index in [0.717, 1.165) is 52.5 Å². The number of ether oxygens (including phenoxy) is 1. The van der Waals surface area contributed by atoms with Gasteiger partial charge in [0, 0.05) is 45.0 Å². The molecule has 2 aliphatic heterocycles. The molecule has 5 nitrogen and oxygen atoms in total. The van der Waals surface area contributed by atoms with Crippen molar-refractivity contribution in [3.63, 3.8) is 0 Å². The van der Waals surface area contributed by atoms with E-state index in [9.17, 15) is 4.79 Å². The highest BCUT2D eigenvalue weighted by atomic mass is 16.5. The smallest absolute Gasteiger partial charge is 0.236 e. The van der Waals surface area contributed by atoms with Gasteiger partial charge in [0.15, 0.2) is 0 Å². The topological polar surface area (TPSA) is 36.0 Å². The van der Waals surface area contributed by atoms with E-state index in [1.54, 1.807) is 0 Å². The van der Waals surface area contributed by atoms with E-state index in [0.29, 0.717) is 6.54 Å². The molecule has 0 N–H and O–H groups in total. The second-order valence-electron chi connectivity index (χ2n) is 6.04. The lowest BCUT2D eigenvalue weighted by molar-refractivity contribution is -0.133. The van der Waals surface area contributed by atoms with Crippen LogP contribution in [0.1, 0.15) is 5.56 Å². The zero-order valence-electron chi connectivity index (χ0n) is 13.3. The average molecular weight is 303 g/mol. The van der Waals surface area contributed by atoms with Crippen LogP contribution in [0.4, 0.5) is 5.69 Å². The quantitative estimate of drug-likeness (QED) is 0.834. The Hall–Kier alpha value is -1.59. The third-order valence-corrected chi connectivity index (χ3v) is 4.55. The monoisotopic (exact) mass is 303 g/mol. The van der Waals surface area contributed by atoms with Crippen LogP contribution >= 0.6 is 0 Å². The number of rotatable bonds is 3. The summed E-state index contributed by atoms with van der Waals surface area (Å²) in [4.78, 5) is 19.0. The number of benzene rings is 1. The van der Waals surface area contributed by atoms with Crippen molar-refractivity contribution in [1.29, 1.82) is 0 Å². The van der Waals surface area contributed by atoms with Crippen molar-refractivity contribution in [3.8, 4) is 0 Å². The number of hydrogen-bond donors (Lipinski definition) is 0. The van der Waals surface area contributed by atoms with Gasteiger partial charge in [-0.2, -0.15) is 0 Å². The van der Waals surface area contributed by atoms with Gasteiger partial charge in [-0.3, -0.25) is 9.69 Å². The van der Waals surface area contributed by atoms with Gasteiger partial charge in [0.2, 0.25) is 5.91 Å². The van der Waals surface area contributed by atoms with E-state index in [1.165, 1.54) is 11.3 Å². The molecule has 0 radical (unpaired) electrons. The number of amides is 1. The summed E-state index contributed by atoms with van der Waals surface area (Å²) in [6, 6.07) is 8.46. The van der Waals surface area contributed by atoms with Crippen molar-refractivity contribution in [3.05, 3.63) is 29.8 Å². The second-order valence-corrected chi connectivity index (χ2v) is 6.04. The summed E-state index contributed by atoms with van der Waals surface area (Å²) in [6.45, 7) is 9.37. The predicted molar refractivity (Wildman–Crippen MR) is 87.2 cm³/mol. The van der Waals surface area contributed by atoms with Crippen LogP contribution in [0, 0.1) is 6.92 Å². The molecule has 0 aromatic heterocycles. The molecule has 120 valence electrons. The molecule has 2 heterocycles. The third kappa shape index (κ3) is 3.59. The number of anilines is 1. The molecule has 1 aromatic carbocycles. The lowest BCUT2D eigenvalue weighted by atomic mass is 10.1. The molecule has 0 spiro atoms. The van der Waals surface area contributed by atoms with E-state index in [1.807, 2.05) is 4.90 Å². The Morgan fingerprint density at radius 2 is 1.73 bits per heavy atom. The fraction of sp³-hybridized carbons (Fsp3) is 0.588. The van der Waals surface area contributed by atoms with Crippen molar-refractivity contribution < 1.29 is 9.53 Å². The molecule has 2 aliphatic rings. The molecule has 0 bridgehead atoms. The van der Waals surface area contributed by atoms with Crippen molar-refractivity contribution in [2.75, 3.05) is 63.9 Å². The van der Waals surface area contributed by atoms with E-state index < -0.39 is 0 Å². The van der Waals surface area contributed by atoms with Gasteiger partial charge in [-0.25, -0.2) is 0 Å². The number of hydrogen-bond acceptors (Lipinski definition) is 4. The third-order valence-electron chi connectivity index (χ3n) is 4.55. The highest BCUT2D eigenvalue weighted by Crippen LogP contribution is 2.20. The van der Waals surface area contributed by atoms with Crippen LogP contribution in [0.15, 0.2) is 24.3 Å². The number of morpholine rings is 1. The van der Waals surface area contributed by atoms with Gasteiger partial charge < -0.3 is 14.5 Å². The van der Waals surface area contributed by atoms with Crippen molar-refractivity contribution >= 4 is 11.6 Å². The van der Waals surface area contributed by atoms with E-state index >= 15 is 0 Å². The standard InChI is InChI=1S/C17H25N3O2/c1-15-4-2-3-5-16(15)19-6-8-20(9-7-19)17(21)14-18-10-12-22-13-11-18/h2-5H,6-14H2,1H3. The number of carbonyl (C=O) groups excluding carboxylic acids is 1. The minimum atomic E-state index is 0.256. The summed E-state index contributed by atoms with van der Waals surface area (Å²) in [6.07, 6.45) is 0. The van der Waals surface area contributed by atoms with Crippen LogP contribution in [-0.4, -0.2) is 74.7 Å². The molecule has 0 unspecified atom stereocenters. The first kappa shape index (κ1) is 15.3. The van der Waals surface area contributed by atoms with Gasteiger partial charge in [-0.05, 0) is 18.6 Å². The molecule has 1 aromatic rings. The minimum absolute atomic E-state index is 0.256. The molecule has 22 heavy (non-hydrogen) atoms. The Labute approximate surface area is 132 Å². The molecule has 1 amide bonds. The lowest BCUT2D eigenvalue weighted by Crippen LogP contribution is -2.52. The maximum absolute atomic E-state index is 12.4. The molecule has 3 rings (SSSR count). The Morgan fingerprint density at radius 3 is 2.41 bits per heavy atom. The summed E-state index contributed by atoms with van der Waals surface area (Å²) in [5, 5.41) is 0. The number of para-hydroxylation sites is 1. The summed E-state index contributed by atoms with van der Waals surface area (Å²) < 4.78 is 5.33. The Morgan fingerprint density at radius 1 is 1.05 bits per heavy atom. The normalized spacial score (nSPS) is 20.2. The van der Waals surface area contributed by atoms with Crippen LogP contribution in [-0.2, 0) is 9.53 Å². The van der Waals surface area contributed by atoms with E-state index in [2.05, 4.69) is 41.0 Å². The first-order chi connectivity index (χ1) is 10.7. The fourth-order valence-electron chi connectivity index (χ4n) is 3.17. The van der Waals surface area contributed by atoms with Crippen LogP contribution in [0.5, 0.6) is 0 Å². The molecule has 0 aliphatic carbocycles. The zero-order chi connectivity index (χ0) is 15.4. The lowest BCUT2D eigenvalue weighted by Gasteiger charge is -2.38. The molecular formula is C17H25N3O2. The number of aryl methyl sites for hydroxylation is 1. The van der Waals surface area contributed by atoms with Gasteiger partial charge >= 0.3 is 0 Å². The highest BCUT2D eigenvalue weighted by Gasteiger charge is 2.23. The predicted octanol–water partition coefficient (Wildman–Crippen LogP) is 0.976. The first-order valence-electron chi connectivity index (χ1n) is 8.12. The van der Waals surface area contributed by atoms with Gasteiger partial charge in [-0.1, -0.05) is 18.2 Å². The summed E-state index contributed by atoms with van der Waals surface area (Å²) in [7, 11) is 0. The molecule has 0 atom stereocenters. The fourth-order valence-corrected chi connectivity index (χ4v) is 3.17. The van der Waals surface area contributed by atoms with Crippen molar-refractivity contribution in [1.82, 2.24) is 9.80 Å². The van der Waals surface area contributed by atoms with Crippen molar-refractivity contribution in [2.24, 2.45) is 0 Å². The van der Waals surface area contributed by atoms with Crippen LogP contribution in [0.25, 0.3) is 0 Å². The highest BCUT2D eigenvalue weighted by molar-refractivity contribution is 5.78.